The monoisotopic (exact) mass is 596 g/mol. The minimum Gasteiger partial charge on any atom is -0.447 e. The maximum Gasteiger partial charge on any atom is 0.275 e. The third kappa shape index (κ3) is 6.49. The summed E-state index contributed by atoms with van der Waals surface area (Å²) >= 11 is 7.93. The van der Waals surface area contributed by atoms with Crippen LogP contribution in [-0.4, -0.2) is 68.2 Å². The minimum absolute atomic E-state index is 0.108. The summed E-state index contributed by atoms with van der Waals surface area (Å²) in [5, 5.41) is 10.2. The molecule has 5 aromatic rings. The molecule has 1 amide bonds. The molecule has 0 N–H and O–H groups in total. The molecule has 0 radical (unpaired) electrons. The zero-order valence-corrected chi connectivity index (χ0v) is 24.4. The van der Waals surface area contributed by atoms with Crippen LogP contribution in [0, 0.1) is 0 Å². The van der Waals surface area contributed by atoms with Crippen molar-refractivity contribution in [2.24, 2.45) is 0 Å². The van der Waals surface area contributed by atoms with Gasteiger partial charge in [-0.2, -0.15) is 0 Å². The number of carbonyl (C=O) groups excluding carboxylic acids is 1. The van der Waals surface area contributed by atoms with Gasteiger partial charge in [0, 0.05) is 44.0 Å². The number of amides is 1. The second-order valence-electron chi connectivity index (χ2n) is 9.78. The lowest BCUT2D eigenvalue weighted by Crippen LogP contribution is -2.48. The maximum absolute atomic E-state index is 13.1. The number of carbonyl (C=O) groups is 1. The molecule has 0 bridgehead atoms. The number of rotatable bonds is 9. The highest BCUT2D eigenvalue weighted by atomic mass is 35.5. The Kier molecular flexibility index (Phi) is 8.79. The summed E-state index contributed by atoms with van der Waals surface area (Å²) < 4.78 is 7.66. The van der Waals surface area contributed by atoms with Gasteiger partial charge in [0.05, 0.1) is 10.8 Å². The van der Waals surface area contributed by atoms with E-state index in [0.717, 1.165) is 30.9 Å². The van der Waals surface area contributed by atoms with E-state index in [0.29, 0.717) is 46.4 Å². The molecule has 1 aliphatic heterocycles. The number of halogens is 1. The zero-order valence-electron chi connectivity index (χ0n) is 22.8. The Hall–Kier alpha value is -4.18. The van der Waals surface area contributed by atoms with Crippen molar-refractivity contribution in [2.45, 2.75) is 10.9 Å². The number of nitrogens with zero attached hydrogens (tertiary/aromatic N) is 6. The lowest BCUT2D eigenvalue weighted by Gasteiger charge is -2.33. The van der Waals surface area contributed by atoms with Crippen LogP contribution in [0.4, 0.5) is 0 Å². The molecule has 6 rings (SSSR count). The lowest BCUT2D eigenvalue weighted by molar-refractivity contribution is 0.0644. The highest BCUT2D eigenvalue weighted by molar-refractivity contribution is 7.98. The molecular formula is C32H29ClN6O2S. The number of hydrogen-bond donors (Lipinski definition) is 0. The Labute approximate surface area is 253 Å². The molecule has 10 heteroatoms. The van der Waals surface area contributed by atoms with Gasteiger partial charge >= 0.3 is 0 Å². The SMILES string of the molecule is O=C(c1coc(CSc2nnc(-c3ccccc3Cl)n2-c2ccccc2)n1)N1CCN(CC=Cc2ccccc2)CC1. The van der Waals surface area contributed by atoms with E-state index >= 15 is 0 Å². The van der Waals surface area contributed by atoms with Gasteiger partial charge in [-0.3, -0.25) is 14.3 Å². The van der Waals surface area contributed by atoms with Crippen LogP contribution in [0.5, 0.6) is 0 Å². The second kappa shape index (κ2) is 13.2. The molecule has 0 aliphatic carbocycles. The third-order valence-electron chi connectivity index (χ3n) is 6.99. The first-order valence-corrected chi connectivity index (χ1v) is 15.1. The van der Waals surface area contributed by atoms with Crippen LogP contribution in [0.2, 0.25) is 5.02 Å². The predicted molar refractivity (Wildman–Crippen MR) is 166 cm³/mol. The van der Waals surface area contributed by atoms with Gasteiger partial charge < -0.3 is 9.32 Å². The van der Waals surface area contributed by atoms with Crippen molar-refractivity contribution in [1.29, 1.82) is 0 Å². The van der Waals surface area contributed by atoms with Gasteiger partial charge in [0.15, 0.2) is 16.7 Å². The molecule has 1 aliphatic rings. The highest BCUT2D eigenvalue weighted by Crippen LogP contribution is 2.32. The zero-order chi connectivity index (χ0) is 28.7. The van der Waals surface area contributed by atoms with Crippen molar-refractivity contribution < 1.29 is 9.21 Å². The van der Waals surface area contributed by atoms with Crippen molar-refractivity contribution in [2.75, 3.05) is 32.7 Å². The van der Waals surface area contributed by atoms with E-state index in [9.17, 15) is 4.79 Å². The molecule has 0 saturated carbocycles. The van der Waals surface area contributed by atoms with Crippen LogP contribution < -0.4 is 0 Å². The van der Waals surface area contributed by atoms with Crippen molar-refractivity contribution in [3.05, 3.63) is 119 Å². The first kappa shape index (κ1) is 28.0. The quantitative estimate of drug-likeness (QED) is 0.184. The van der Waals surface area contributed by atoms with E-state index in [1.54, 1.807) is 0 Å². The fraction of sp³-hybridized carbons (Fsp3) is 0.188. The summed E-state index contributed by atoms with van der Waals surface area (Å²) in [6, 6.07) is 27.7. The van der Waals surface area contributed by atoms with Crippen LogP contribution in [0.15, 0.2) is 107 Å². The maximum atomic E-state index is 13.1. The first-order chi connectivity index (χ1) is 20.7. The Morgan fingerprint density at radius 1 is 0.905 bits per heavy atom. The Morgan fingerprint density at radius 3 is 2.38 bits per heavy atom. The fourth-order valence-electron chi connectivity index (χ4n) is 4.79. The van der Waals surface area contributed by atoms with Gasteiger partial charge in [-0.25, -0.2) is 4.98 Å². The number of para-hydroxylation sites is 1. The normalized spacial score (nSPS) is 14.1. The topological polar surface area (TPSA) is 80.3 Å². The minimum atomic E-state index is -0.108. The summed E-state index contributed by atoms with van der Waals surface area (Å²) in [4.78, 5) is 21.8. The average molecular weight is 597 g/mol. The molecule has 0 spiro atoms. The van der Waals surface area contributed by atoms with E-state index in [2.05, 4.69) is 44.4 Å². The summed E-state index contributed by atoms with van der Waals surface area (Å²) in [6.07, 6.45) is 5.75. The van der Waals surface area contributed by atoms with Gasteiger partial charge in [-0.15, -0.1) is 10.2 Å². The van der Waals surface area contributed by atoms with E-state index < -0.39 is 0 Å². The average Bonchev–Trinajstić information content (AvgIpc) is 3.69. The molecule has 212 valence electrons. The number of hydrogen-bond acceptors (Lipinski definition) is 7. The molecule has 3 heterocycles. The molecule has 2 aromatic heterocycles. The highest BCUT2D eigenvalue weighted by Gasteiger charge is 2.25. The number of piperazine rings is 1. The summed E-state index contributed by atoms with van der Waals surface area (Å²) in [6.45, 7) is 3.79. The van der Waals surface area contributed by atoms with Gasteiger partial charge in [0.2, 0.25) is 5.89 Å². The molecule has 8 nitrogen and oxygen atoms in total. The summed E-state index contributed by atoms with van der Waals surface area (Å²) in [5.41, 5.74) is 3.22. The van der Waals surface area contributed by atoms with E-state index in [-0.39, 0.29) is 5.91 Å². The standard InChI is InChI=1S/C32H29ClN6O2S/c33-27-16-8-7-15-26(27)30-35-36-32(39(30)25-13-5-2-6-14-25)42-23-29-34-28(22-41-29)31(40)38-20-18-37(19-21-38)17-9-12-24-10-3-1-4-11-24/h1-16,22H,17-21,23H2. The van der Waals surface area contributed by atoms with Crippen LogP contribution in [0.25, 0.3) is 23.2 Å². The molecule has 0 unspecified atom stereocenters. The Morgan fingerprint density at radius 2 is 1.62 bits per heavy atom. The smallest absolute Gasteiger partial charge is 0.275 e. The van der Waals surface area contributed by atoms with Crippen molar-refractivity contribution in [3.63, 3.8) is 0 Å². The van der Waals surface area contributed by atoms with Gasteiger partial charge in [-0.05, 0) is 29.8 Å². The van der Waals surface area contributed by atoms with Crippen LogP contribution >= 0.6 is 23.4 Å². The Bertz CT molecular complexity index is 1660. The Balaban J connectivity index is 1.08. The number of oxazole rings is 1. The summed E-state index contributed by atoms with van der Waals surface area (Å²) in [5.74, 6) is 1.38. The molecule has 1 saturated heterocycles. The van der Waals surface area contributed by atoms with E-state index in [1.165, 1.54) is 23.6 Å². The molecule has 3 aromatic carbocycles. The van der Waals surface area contributed by atoms with Gasteiger partial charge in [-0.1, -0.05) is 96.2 Å². The molecule has 0 atom stereocenters. The van der Waals surface area contributed by atoms with Crippen molar-refractivity contribution in [1.82, 2.24) is 29.5 Å². The van der Waals surface area contributed by atoms with Gasteiger partial charge in [0.1, 0.15) is 6.26 Å². The van der Waals surface area contributed by atoms with Crippen LogP contribution in [0.1, 0.15) is 21.9 Å². The number of thioether (sulfide) groups is 1. The summed E-state index contributed by atoms with van der Waals surface area (Å²) in [7, 11) is 0. The van der Waals surface area contributed by atoms with Crippen LogP contribution in [-0.2, 0) is 5.75 Å². The first-order valence-electron chi connectivity index (χ1n) is 13.7. The van der Waals surface area contributed by atoms with Crippen molar-refractivity contribution >= 4 is 35.3 Å². The largest absolute Gasteiger partial charge is 0.447 e. The van der Waals surface area contributed by atoms with Gasteiger partial charge in [0.25, 0.3) is 5.91 Å². The predicted octanol–water partition coefficient (Wildman–Crippen LogP) is 6.34. The number of aromatic nitrogens is 4. The van der Waals surface area contributed by atoms with E-state index in [1.807, 2.05) is 82.3 Å². The fourth-order valence-corrected chi connectivity index (χ4v) is 5.81. The van der Waals surface area contributed by atoms with Crippen LogP contribution in [0.3, 0.4) is 0 Å². The molecule has 42 heavy (non-hydrogen) atoms. The molecular weight excluding hydrogens is 568 g/mol. The third-order valence-corrected chi connectivity index (χ3v) is 8.23. The lowest BCUT2D eigenvalue weighted by atomic mass is 10.2. The van der Waals surface area contributed by atoms with Crippen molar-refractivity contribution in [3.8, 4) is 17.1 Å². The van der Waals surface area contributed by atoms with E-state index in [4.69, 9.17) is 16.0 Å². The molecule has 1 fully saturated rings. The number of benzene rings is 3. The second-order valence-corrected chi connectivity index (χ2v) is 11.1.